The highest BCUT2D eigenvalue weighted by Crippen LogP contribution is 2.16. The lowest BCUT2D eigenvalue weighted by molar-refractivity contribution is -0.136. The van der Waals surface area contributed by atoms with E-state index in [2.05, 4.69) is 11.8 Å². The van der Waals surface area contributed by atoms with Crippen molar-refractivity contribution in [2.45, 2.75) is 6.42 Å². The molecule has 0 radical (unpaired) electrons. The van der Waals surface area contributed by atoms with Gasteiger partial charge >= 0.3 is 5.97 Å². The zero-order valence-electron chi connectivity index (χ0n) is 7.76. The summed E-state index contributed by atoms with van der Waals surface area (Å²) in [6.07, 6.45) is -0.0904. The van der Waals surface area contributed by atoms with Crippen LogP contribution < -0.4 is 0 Å². The first-order valence-electron chi connectivity index (χ1n) is 4.18. The second-order valence-electron chi connectivity index (χ2n) is 2.81. The smallest absolute Gasteiger partial charge is 0.307 e. The molecule has 0 unspecified atom stereocenters. The highest BCUT2D eigenvalue weighted by atomic mass is 35.5. The van der Waals surface area contributed by atoms with Crippen LogP contribution >= 0.6 is 23.2 Å². The molecule has 0 saturated heterocycles. The highest BCUT2D eigenvalue weighted by molar-refractivity contribution is 6.30. The van der Waals surface area contributed by atoms with Gasteiger partial charge in [-0.15, -0.1) is 11.6 Å². The number of alkyl halides is 1. The third-order valence-electron chi connectivity index (χ3n) is 1.70. The summed E-state index contributed by atoms with van der Waals surface area (Å²) < 4.78 is 0. The summed E-state index contributed by atoms with van der Waals surface area (Å²) in [7, 11) is 0. The van der Waals surface area contributed by atoms with Crippen LogP contribution in [0.3, 0.4) is 0 Å². The third kappa shape index (κ3) is 3.83. The molecule has 78 valence electrons. The Morgan fingerprint density at radius 2 is 2.20 bits per heavy atom. The van der Waals surface area contributed by atoms with E-state index in [1.807, 2.05) is 0 Å². The Labute approximate surface area is 97.8 Å². The number of benzene rings is 1. The van der Waals surface area contributed by atoms with Crippen molar-refractivity contribution in [2.24, 2.45) is 0 Å². The summed E-state index contributed by atoms with van der Waals surface area (Å²) in [6, 6.07) is 4.97. The van der Waals surface area contributed by atoms with Crippen molar-refractivity contribution in [3.8, 4) is 11.8 Å². The van der Waals surface area contributed by atoms with Crippen LogP contribution in [-0.2, 0) is 11.2 Å². The lowest BCUT2D eigenvalue weighted by Crippen LogP contribution is -2.02. The Morgan fingerprint density at radius 1 is 1.47 bits per heavy atom. The third-order valence-corrected chi connectivity index (χ3v) is 2.07. The normalized spacial score (nSPS) is 9.20. The number of carboxylic acid groups (broad SMARTS) is 1. The minimum atomic E-state index is -0.911. The molecule has 0 bridgehead atoms. The molecule has 0 aliphatic carbocycles. The first kappa shape index (κ1) is 11.9. The van der Waals surface area contributed by atoms with Gasteiger partial charge in [-0.25, -0.2) is 0 Å². The molecule has 1 rings (SSSR count). The zero-order valence-corrected chi connectivity index (χ0v) is 9.27. The molecule has 0 heterocycles. The molecule has 0 spiro atoms. The van der Waals surface area contributed by atoms with Crippen molar-refractivity contribution >= 4 is 29.2 Å². The van der Waals surface area contributed by atoms with Crippen molar-refractivity contribution in [1.82, 2.24) is 0 Å². The van der Waals surface area contributed by atoms with E-state index in [9.17, 15) is 4.79 Å². The first-order valence-corrected chi connectivity index (χ1v) is 5.10. The lowest BCUT2D eigenvalue weighted by atomic mass is 10.1. The van der Waals surface area contributed by atoms with Gasteiger partial charge in [0.2, 0.25) is 0 Å². The van der Waals surface area contributed by atoms with Crippen molar-refractivity contribution in [3.63, 3.8) is 0 Å². The Morgan fingerprint density at radius 3 is 2.80 bits per heavy atom. The van der Waals surface area contributed by atoms with E-state index >= 15 is 0 Å². The van der Waals surface area contributed by atoms with Gasteiger partial charge in [-0.3, -0.25) is 4.79 Å². The molecule has 15 heavy (non-hydrogen) atoms. The molecule has 0 aliphatic rings. The fourth-order valence-corrected chi connectivity index (χ4v) is 1.38. The minimum absolute atomic E-state index is 0.0904. The van der Waals surface area contributed by atoms with Crippen LogP contribution in [0, 0.1) is 11.8 Å². The second kappa shape index (κ2) is 5.65. The molecule has 1 aromatic rings. The van der Waals surface area contributed by atoms with Crippen molar-refractivity contribution in [1.29, 1.82) is 0 Å². The van der Waals surface area contributed by atoms with Gasteiger partial charge in [0.1, 0.15) is 0 Å². The molecular weight excluding hydrogens is 235 g/mol. The van der Waals surface area contributed by atoms with Gasteiger partial charge in [0.05, 0.1) is 12.3 Å². The van der Waals surface area contributed by atoms with Crippen molar-refractivity contribution in [2.75, 3.05) is 5.88 Å². The van der Waals surface area contributed by atoms with E-state index in [0.29, 0.717) is 16.1 Å². The largest absolute Gasteiger partial charge is 0.481 e. The van der Waals surface area contributed by atoms with Gasteiger partial charge in [0.15, 0.2) is 0 Å². The highest BCUT2D eigenvalue weighted by Gasteiger charge is 2.05. The molecule has 0 fully saturated rings. The van der Waals surface area contributed by atoms with Crippen LogP contribution in [0.1, 0.15) is 11.1 Å². The number of rotatable bonds is 2. The predicted octanol–water partition coefficient (Wildman–Crippen LogP) is 2.56. The number of aliphatic carboxylic acids is 1. The molecule has 4 heteroatoms. The van der Waals surface area contributed by atoms with Crippen molar-refractivity contribution < 1.29 is 9.90 Å². The Hall–Kier alpha value is -1.17. The molecular formula is C11H8Cl2O2. The Balaban J connectivity index is 3.08. The summed E-state index contributed by atoms with van der Waals surface area (Å²) in [4.78, 5) is 10.6. The summed E-state index contributed by atoms with van der Waals surface area (Å²) >= 11 is 11.2. The monoisotopic (exact) mass is 242 g/mol. The number of hydrogen-bond acceptors (Lipinski definition) is 1. The van der Waals surface area contributed by atoms with Crippen LogP contribution in [0.5, 0.6) is 0 Å². The van der Waals surface area contributed by atoms with E-state index in [-0.39, 0.29) is 12.3 Å². The topological polar surface area (TPSA) is 37.3 Å². The zero-order chi connectivity index (χ0) is 11.3. The fourth-order valence-electron chi connectivity index (χ4n) is 1.12. The standard InChI is InChI=1S/C11H8Cl2O2/c12-5-1-2-8-3-4-10(13)6-9(8)7-11(14)15/h3-4,6H,5,7H2,(H,14,15). The number of hydrogen-bond donors (Lipinski definition) is 1. The minimum Gasteiger partial charge on any atom is -0.481 e. The molecule has 1 aromatic carbocycles. The van der Waals surface area contributed by atoms with Gasteiger partial charge in [-0.1, -0.05) is 23.4 Å². The Bertz CT molecular complexity index is 430. The first-order chi connectivity index (χ1) is 7.13. The molecule has 0 aliphatic heterocycles. The SMILES string of the molecule is O=C(O)Cc1cc(Cl)ccc1C#CCCl. The number of carbonyl (C=O) groups is 1. The summed E-state index contributed by atoms with van der Waals surface area (Å²) in [5.74, 6) is 4.78. The summed E-state index contributed by atoms with van der Waals surface area (Å²) in [6.45, 7) is 0. The average molecular weight is 243 g/mol. The van der Waals surface area contributed by atoms with E-state index in [0.717, 1.165) is 0 Å². The van der Waals surface area contributed by atoms with Crippen LogP contribution in [0.2, 0.25) is 5.02 Å². The van der Waals surface area contributed by atoms with Gasteiger partial charge in [-0.2, -0.15) is 0 Å². The number of halogens is 2. The molecule has 0 aromatic heterocycles. The maximum absolute atomic E-state index is 10.6. The van der Waals surface area contributed by atoms with E-state index in [1.165, 1.54) is 0 Å². The van der Waals surface area contributed by atoms with Gasteiger partial charge < -0.3 is 5.11 Å². The average Bonchev–Trinajstić information content (AvgIpc) is 2.16. The molecule has 0 amide bonds. The molecule has 0 atom stereocenters. The fraction of sp³-hybridized carbons (Fsp3) is 0.182. The van der Waals surface area contributed by atoms with Crippen LogP contribution in [0.25, 0.3) is 0 Å². The predicted molar refractivity (Wildman–Crippen MR) is 60.4 cm³/mol. The maximum atomic E-state index is 10.6. The Kier molecular flexibility index (Phi) is 4.48. The van der Waals surface area contributed by atoms with E-state index in [1.54, 1.807) is 18.2 Å². The summed E-state index contributed by atoms with van der Waals surface area (Å²) in [5.41, 5.74) is 1.26. The summed E-state index contributed by atoms with van der Waals surface area (Å²) in [5, 5.41) is 9.19. The van der Waals surface area contributed by atoms with Gasteiger partial charge in [-0.05, 0) is 23.8 Å². The molecule has 0 saturated carbocycles. The van der Waals surface area contributed by atoms with Crippen LogP contribution in [-0.4, -0.2) is 17.0 Å². The van der Waals surface area contributed by atoms with Crippen LogP contribution in [0.15, 0.2) is 18.2 Å². The molecule has 2 nitrogen and oxygen atoms in total. The van der Waals surface area contributed by atoms with Gasteiger partial charge in [0, 0.05) is 10.6 Å². The number of carboxylic acids is 1. The molecule has 1 N–H and O–H groups in total. The second-order valence-corrected chi connectivity index (χ2v) is 3.51. The van der Waals surface area contributed by atoms with E-state index < -0.39 is 5.97 Å². The van der Waals surface area contributed by atoms with E-state index in [4.69, 9.17) is 28.3 Å². The van der Waals surface area contributed by atoms with Crippen molar-refractivity contribution in [3.05, 3.63) is 34.3 Å². The quantitative estimate of drug-likeness (QED) is 0.640. The van der Waals surface area contributed by atoms with Crippen LogP contribution in [0.4, 0.5) is 0 Å². The maximum Gasteiger partial charge on any atom is 0.307 e. The van der Waals surface area contributed by atoms with Gasteiger partial charge in [0.25, 0.3) is 0 Å². The lowest BCUT2D eigenvalue weighted by Gasteiger charge is -2.01.